The summed E-state index contributed by atoms with van der Waals surface area (Å²) in [5.74, 6) is 2.12. The third kappa shape index (κ3) is 7.71. The second-order valence-electron chi connectivity index (χ2n) is 6.39. The summed E-state index contributed by atoms with van der Waals surface area (Å²) >= 11 is 0. The number of nitrogens with zero attached hydrogens (tertiary/aromatic N) is 1. The highest BCUT2D eigenvalue weighted by Gasteiger charge is 2.12. The van der Waals surface area contributed by atoms with Crippen molar-refractivity contribution in [1.82, 2.24) is 5.32 Å². The largest absolute Gasteiger partial charge is 0.493 e. The van der Waals surface area contributed by atoms with Gasteiger partial charge in [-0.25, -0.2) is 0 Å². The molecule has 3 N–H and O–H groups in total. The number of rotatable bonds is 7. The Hall–Kier alpha value is -1.18. The predicted octanol–water partition coefficient (Wildman–Crippen LogP) is 3.88. The maximum Gasteiger partial charge on any atom is 0.188 e. The zero-order chi connectivity index (χ0) is 17.2. The Bertz CT molecular complexity index is 529. The van der Waals surface area contributed by atoms with Gasteiger partial charge in [0.15, 0.2) is 17.5 Å². The second-order valence-corrected chi connectivity index (χ2v) is 6.39. The zero-order valence-electron chi connectivity index (χ0n) is 15.4. The van der Waals surface area contributed by atoms with Crippen molar-refractivity contribution in [1.29, 1.82) is 0 Å². The number of ether oxygens (including phenoxy) is 2. The smallest absolute Gasteiger partial charge is 0.188 e. The van der Waals surface area contributed by atoms with Gasteiger partial charge >= 0.3 is 0 Å². The fourth-order valence-electron chi connectivity index (χ4n) is 3.20. The molecule has 0 aliphatic heterocycles. The summed E-state index contributed by atoms with van der Waals surface area (Å²) in [5.41, 5.74) is 7.24. The Morgan fingerprint density at radius 3 is 2.44 bits per heavy atom. The van der Waals surface area contributed by atoms with Gasteiger partial charge in [-0.05, 0) is 43.4 Å². The second kappa shape index (κ2) is 12.2. The third-order valence-electron chi connectivity index (χ3n) is 4.56. The first kappa shape index (κ1) is 21.9. The molecule has 1 saturated carbocycles. The molecule has 1 aromatic rings. The number of halogens is 1. The van der Waals surface area contributed by atoms with Crippen LogP contribution in [0.4, 0.5) is 0 Å². The molecule has 0 radical (unpaired) electrons. The average Bonchev–Trinajstić information content (AvgIpc) is 2.87. The predicted molar refractivity (Wildman–Crippen MR) is 114 cm³/mol. The van der Waals surface area contributed by atoms with Crippen LogP contribution in [0.1, 0.15) is 50.5 Å². The van der Waals surface area contributed by atoms with Gasteiger partial charge in [-0.3, -0.25) is 4.99 Å². The van der Waals surface area contributed by atoms with Gasteiger partial charge < -0.3 is 20.5 Å². The minimum absolute atomic E-state index is 0. The van der Waals surface area contributed by atoms with Crippen molar-refractivity contribution in [2.24, 2.45) is 10.7 Å². The molecule has 2 rings (SSSR count). The molecule has 1 fully saturated rings. The van der Waals surface area contributed by atoms with Gasteiger partial charge in [-0.2, -0.15) is 0 Å². The molecule has 0 spiro atoms. The highest BCUT2D eigenvalue weighted by Crippen LogP contribution is 2.27. The molecule has 0 aromatic heterocycles. The number of nitrogens with two attached hydrogens (primary N) is 1. The molecule has 0 amide bonds. The van der Waals surface area contributed by atoms with E-state index in [2.05, 4.69) is 16.4 Å². The molecule has 0 heterocycles. The first-order chi connectivity index (χ1) is 11.7. The Morgan fingerprint density at radius 2 is 1.80 bits per heavy atom. The van der Waals surface area contributed by atoms with Crippen molar-refractivity contribution in [3.63, 3.8) is 0 Å². The topological polar surface area (TPSA) is 68.9 Å². The summed E-state index contributed by atoms with van der Waals surface area (Å²) in [4.78, 5) is 4.47. The van der Waals surface area contributed by atoms with Crippen LogP contribution in [0.15, 0.2) is 23.2 Å². The molecule has 142 valence electrons. The quantitative estimate of drug-likeness (QED) is 0.213. The van der Waals surface area contributed by atoms with Crippen LogP contribution in [-0.4, -0.2) is 32.8 Å². The van der Waals surface area contributed by atoms with Gasteiger partial charge in [-0.15, -0.1) is 24.0 Å². The van der Waals surface area contributed by atoms with Crippen LogP contribution in [-0.2, 0) is 6.42 Å². The molecule has 1 aromatic carbocycles. The summed E-state index contributed by atoms with van der Waals surface area (Å²) in [7, 11) is 3.31. The zero-order valence-corrected chi connectivity index (χ0v) is 17.8. The van der Waals surface area contributed by atoms with Crippen LogP contribution in [0.2, 0.25) is 0 Å². The molecule has 1 aliphatic rings. The van der Waals surface area contributed by atoms with Crippen molar-refractivity contribution in [2.75, 3.05) is 20.8 Å². The van der Waals surface area contributed by atoms with Gasteiger partial charge in [-0.1, -0.05) is 31.7 Å². The lowest BCUT2D eigenvalue weighted by Gasteiger charge is -2.16. The van der Waals surface area contributed by atoms with E-state index in [0.717, 1.165) is 30.9 Å². The molecule has 0 unspecified atom stereocenters. The molecule has 0 saturated heterocycles. The summed E-state index contributed by atoms with van der Waals surface area (Å²) in [6.45, 7) is 0.736. The Kier molecular flexibility index (Phi) is 10.7. The normalized spacial score (nSPS) is 15.8. The summed E-state index contributed by atoms with van der Waals surface area (Å²) in [5, 5.41) is 3.38. The summed E-state index contributed by atoms with van der Waals surface area (Å²) in [6.07, 6.45) is 9.61. The first-order valence-electron chi connectivity index (χ1n) is 9.00. The Labute approximate surface area is 168 Å². The molecule has 25 heavy (non-hydrogen) atoms. The fraction of sp³-hybridized carbons (Fsp3) is 0.632. The lowest BCUT2D eigenvalue weighted by atomic mass is 10.1. The summed E-state index contributed by atoms with van der Waals surface area (Å²) in [6, 6.07) is 6.54. The number of guanidine groups is 1. The van der Waals surface area contributed by atoms with Gasteiger partial charge in [0.25, 0.3) is 0 Å². The lowest BCUT2D eigenvalue weighted by Crippen LogP contribution is -2.39. The van der Waals surface area contributed by atoms with Crippen LogP contribution in [0.3, 0.4) is 0 Å². The minimum Gasteiger partial charge on any atom is -0.493 e. The van der Waals surface area contributed by atoms with Gasteiger partial charge in [0.05, 0.1) is 14.2 Å². The van der Waals surface area contributed by atoms with Crippen molar-refractivity contribution in [3.05, 3.63) is 23.8 Å². The van der Waals surface area contributed by atoms with E-state index in [1.807, 2.05) is 12.1 Å². The van der Waals surface area contributed by atoms with E-state index in [4.69, 9.17) is 15.2 Å². The molecule has 5 nitrogen and oxygen atoms in total. The minimum atomic E-state index is 0. The number of aryl methyl sites for hydroxylation is 1. The van der Waals surface area contributed by atoms with E-state index in [9.17, 15) is 0 Å². The third-order valence-corrected chi connectivity index (χ3v) is 4.56. The van der Waals surface area contributed by atoms with Crippen LogP contribution >= 0.6 is 24.0 Å². The fourth-order valence-corrected chi connectivity index (χ4v) is 3.20. The van der Waals surface area contributed by atoms with Crippen LogP contribution in [0, 0.1) is 0 Å². The van der Waals surface area contributed by atoms with Crippen molar-refractivity contribution < 1.29 is 9.47 Å². The molecule has 0 bridgehead atoms. The maximum absolute atomic E-state index is 6.02. The number of hydrogen-bond acceptors (Lipinski definition) is 3. The molecular weight excluding hydrogens is 429 g/mol. The van der Waals surface area contributed by atoms with Gasteiger partial charge in [0.1, 0.15) is 0 Å². The maximum atomic E-state index is 6.02. The Morgan fingerprint density at radius 1 is 1.12 bits per heavy atom. The van der Waals surface area contributed by atoms with Crippen molar-refractivity contribution in [2.45, 2.75) is 57.4 Å². The monoisotopic (exact) mass is 461 g/mol. The SMILES string of the molecule is COc1ccc(CCCN=C(N)NC2CCCCCC2)cc1OC.I. The van der Waals surface area contributed by atoms with Crippen LogP contribution < -0.4 is 20.5 Å². The van der Waals surface area contributed by atoms with E-state index in [1.54, 1.807) is 14.2 Å². The van der Waals surface area contributed by atoms with E-state index in [0.29, 0.717) is 12.0 Å². The van der Waals surface area contributed by atoms with E-state index < -0.39 is 0 Å². The first-order valence-corrected chi connectivity index (χ1v) is 9.00. The molecule has 0 atom stereocenters. The van der Waals surface area contributed by atoms with Crippen molar-refractivity contribution >= 4 is 29.9 Å². The van der Waals surface area contributed by atoms with E-state index in [-0.39, 0.29) is 24.0 Å². The standard InChI is InChI=1S/C19H31N3O2.HI/c1-23-17-12-11-15(14-18(17)24-2)8-7-13-21-19(20)22-16-9-5-3-4-6-10-16;/h11-12,14,16H,3-10,13H2,1-2H3,(H3,20,21,22);1H. The lowest BCUT2D eigenvalue weighted by molar-refractivity contribution is 0.354. The molecule has 1 aliphatic carbocycles. The Balaban J connectivity index is 0.00000312. The number of aliphatic imine (C=N–C) groups is 1. The highest BCUT2D eigenvalue weighted by molar-refractivity contribution is 14.0. The number of hydrogen-bond donors (Lipinski definition) is 2. The highest BCUT2D eigenvalue weighted by atomic mass is 127. The summed E-state index contributed by atoms with van der Waals surface area (Å²) < 4.78 is 10.6. The molecule has 6 heteroatoms. The number of methoxy groups -OCH3 is 2. The molecular formula is C19H32IN3O2. The number of benzene rings is 1. The van der Waals surface area contributed by atoms with E-state index >= 15 is 0 Å². The average molecular weight is 461 g/mol. The van der Waals surface area contributed by atoms with Crippen LogP contribution in [0.25, 0.3) is 0 Å². The van der Waals surface area contributed by atoms with E-state index in [1.165, 1.54) is 44.1 Å². The number of nitrogens with one attached hydrogen (secondary N) is 1. The van der Waals surface area contributed by atoms with Gasteiger partial charge in [0.2, 0.25) is 0 Å². The van der Waals surface area contributed by atoms with Crippen molar-refractivity contribution in [3.8, 4) is 11.5 Å². The van der Waals surface area contributed by atoms with Crippen LogP contribution in [0.5, 0.6) is 11.5 Å². The van der Waals surface area contributed by atoms with Gasteiger partial charge in [0, 0.05) is 12.6 Å².